The van der Waals surface area contributed by atoms with Gasteiger partial charge in [0.2, 0.25) is 0 Å². The Morgan fingerprint density at radius 1 is 0.914 bits per heavy atom. The number of ether oxygens (including phenoxy) is 2. The van der Waals surface area contributed by atoms with Gasteiger partial charge in [-0.15, -0.1) is 11.8 Å². The molecule has 0 saturated carbocycles. The summed E-state index contributed by atoms with van der Waals surface area (Å²) < 4.78 is 10.3. The van der Waals surface area contributed by atoms with Crippen molar-refractivity contribution in [1.82, 2.24) is 15.3 Å². The summed E-state index contributed by atoms with van der Waals surface area (Å²) in [5, 5.41) is 5.65. The molecule has 4 aromatic rings. The van der Waals surface area contributed by atoms with E-state index in [1.807, 2.05) is 24.5 Å². The number of benzene rings is 3. The minimum atomic E-state index is -0.546. The fourth-order valence-corrected chi connectivity index (χ4v) is 3.41. The average molecular weight is 492 g/mol. The van der Waals surface area contributed by atoms with Gasteiger partial charge in [-0.05, 0) is 48.7 Å². The van der Waals surface area contributed by atoms with Crippen LogP contribution < -0.4 is 25.8 Å². The van der Waals surface area contributed by atoms with Crippen LogP contribution in [0.1, 0.15) is 10.4 Å². The molecule has 180 valence electrons. The molecule has 9 nitrogen and oxygen atoms in total. The Kier molecular flexibility index (Phi) is 8.85. The molecule has 0 radical (unpaired) electrons. The molecule has 0 atom stereocenters. The summed E-state index contributed by atoms with van der Waals surface area (Å²) in [5.41, 5.74) is 7.54. The van der Waals surface area contributed by atoms with E-state index in [1.165, 1.54) is 6.33 Å². The van der Waals surface area contributed by atoms with Crippen molar-refractivity contribution >= 4 is 46.1 Å². The molecule has 0 aliphatic heterocycles. The largest absolute Gasteiger partial charge is 0.493 e. The maximum absolute atomic E-state index is 11.8. The van der Waals surface area contributed by atoms with Gasteiger partial charge in [-0.2, -0.15) is 0 Å². The zero-order valence-electron chi connectivity index (χ0n) is 19.4. The van der Waals surface area contributed by atoms with Crippen molar-refractivity contribution in [2.45, 2.75) is 4.90 Å². The summed E-state index contributed by atoms with van der Waals surface area (Å²) in [5.74, 6) is 1.25. The second-order valence-corrected chi connectivity index (χ2v) is 7.87. The Morgan fingerprint density at radius 2 is 1.57 bits per heavy atom. The molecule has 1 heterocycles. The van der Waals surface area contributed by atoms with Gasteiger partial charge in [-0.25, -0.2) is 14.8 Å². The van der Waals surface area contributed by atoms with Crippen LogP contribution in [0.15, 0.2) is 78.0 Å². The van der Waals surface area contributed by atoms with Crippen molar-refractivity contribution in [2.24, 2.45) is 0 Å². The highest BCUT2D eigenvalue weighted by Gasteiger charge is 2.10. The molecular weight excluding hydrogens is 466 g/mol. The first kappa shape index (κ1) is 25.3. The topological polar surface area (TPSA) is 128 Å². The van der Waals surface area contributed by atoms with Gasteiger partial charge in [-0.3, -0.25) is 10.1 Å². The molecule has 3 amide bonds. The Balaban J connectivity index is 0.000000203. The minimum Gasteiger partial charge on any atom is -0.493 e. The molecule has 0 fully saturated rings. The number of anilines is 2. The van der Waals surface area contributed by atoms with Crippen LogP contribution in [-0.2, 0) is 0 Å². The number of aromatic nitrogens is 2. The number of nitrogens with two attached hydrogens (primary N) is 1. The number of imide groups is 1. The highest BCUT2D eigenvalue weighted by molar-refractivity contribution is 7.98. The van der Waals surface area contributed by atoms with E-state index in [0.717, 1.165) is 15.8 Å². The van der Waals surface area contributed by atoms with Gasteiger partial charge < -0.3 is 20.5 Å². The van der Waals surface area contributed by atoms with Crippen LogP contribution in [0.4, 0.5) is 16.3 Å². The number of thioether (sulfide) groups is 1. The molecule has 35 heavy (non-hydrogen) atoms. The molecule has 4 N–H and O–H groups in total. The molecule has 10 heteroatoms. The lowest BCUT2D eigenvalue weighted by atomic mass is 10.2. The maximum Gasteiger partial charge on any atom is 0.326 e. The number of carbonyl (C=O) groups excluding carboxylic acids is 2. The third-order valence-electron chi connectivity index (χ3n) is 4.78. The first-order valence-corrected chi connectivity index (χ1v) is 11.6. The Hall–Kier alpha value is -4.31. The van der Waals surface area contributed by atoms with Crippen LogP contribution in [0.3, 0.4) is 0 Å². The number of hydrogen-bond acceptors (Lipinski definition) is 8. The van der Waals surface area contributed by atoms with Crippen LogP contribution in [-0.4, -0.2) is 42.4 Å². The van der Waals surface area contributed by atoms with Crippen molar-refractivity contribution in [1.29, 1.82) is 0 Å². The van der Waals surface area contributed by atoms with Gasteiger partial charge in [0.05, 0.1) is 19.7 Å². The molecular formula is C25H25N5O4S. The van der Waals surface area contributed by atoms with E-state index in [0.29, 0.717) is 28.6 Å². The minimum absolute atomic E-state index is 0.427. The second kappa shape index (κ2) is 12.2. The first-order valence-electron chi connectivity index (χ1n) is 10.4. The summed E-state index contributed by atoms with van der Waals surface area (Å²) in [6.07, 6.45) is 3.40. The number of fused-ring (bicyclic) bond motifs is 1. The average Bonchev–Trinajstić information content (AvgIpc) is 2.89. The van der Waals surface area contributed by atoms with Crippen molar-refractivity contribution in [3.8, 4) is 11.5 Å². The number of nitrogens with zero attached hydrogens (tertiary/aromatic N) is 2. The summed E-state index contributed by atoms with van der Waals surface area (Å²) in [6, 6.07) is 19.0. The molecule has 0 aliphatic carbocycles. The summed E-state index contributed by atoms with van der Waals surface area (Å²) in [4.78, 5) is 32.6. The Bertz CT molecular complexity index is 1300. The molecule has 0 saturated heterocycles. The number of urea groups is 1. The predicted molar refractivity (Wildman–Crippen MR) is 138 cm³/mol. The zero-order valence-corrected chi connectivity index (χ0v) is 20.3. The lowest BCUT2D eigenvalue weighted by Crippen LogP contribution is -2.34. The van der Waals surface area contributed by atoms with Gasteiger partial charge in [0.1, 0.15) is 12.1 Å². The number of nitrogens with one attached hydrogen (secondary N) is 2. The maximum atomic E-state index is 11.8. The Labute approximate surface area is 207 Å². The molecule has 3 aromatic carbocycles. The number of nitrogen functional groups attached to an aromatic ring is 1. The fraction of sp³-hybridized carbons (Fsp3) is 0.120. The lowest BCUT2D eigenvalue weighted by molar-refractivity contribution is 0.0967. The Morgan fingerprint density at radius 3 is 2.20 bits per heavy atom. The fourth-order valence-electron chi connectivity index (χ4n) is 3.00. The highest BCUT2D eigenvalue weighted by Crippen LogP contribution is 2.32. The van der Waals surface area contributed by atoms with Gasteiger partial charge in [0.25, 0.3) is 5.91 Å². The van der Waals surface area contributed by atoms with E-state index in [2.05, 4.69) is 20.6 Å². The number of carbonyl (C=O) groups is 2. The van der Waals surface area contributed by atoms with Crippen LogP contribution in [0.2, 0.25) is 0 Å². The number of methoxy groups -OCH3 is 2. The van der Waals surface area contributed by atoms with Crippen molar-refractivity contribution in [2.75, 3.05) is 31.5 Å². The van der Waals surface area contributed by atoms with Gasteiger partial charge in [-0.1, -0.05) is 18.2 Å². The number of hydrogen-bond donors (Lipinski definition) is 3. The number of rotatable bonds is 5. The van der Waals surface area contributed by atoms with Gasteiger partial charge in [0, 0.05) is 27.6 Å². The van der Waals surface area contributed by atoms with Gasteiger partial charge >= 0.3 is 6.03 Å². The molecule has 1 aromatic heterocycles. The van der Waals surface area contributed by atoms with E-state index < -0.39 is 11.9 Å². The first-order chi connectivity index (χ1) is 16.9. The third kappa shape index (κ3) is 6.84. The monoisotopic (exact) mass is 491 g/mol. The molecule has 0 bridgehead atoms. The van der Waals surface area contributed by atoms with Crippen LogP contribution in [0.5, 0.6) is 11.5 Å². The molecule has 0 unspecified atom stereocenters. The quantitative estimate of drug-likeness (QED) is 0.346. The van der Waals surface area contributed by atoms with E-state index in [4.69, 9.17) is 15.2 Å². The van der Waals surface area contributed by atoms with Crippen molar-refractivity contribution < 1.29 is 19.1 Å². The lowest BCUT2D eigenvalue weighted by Gasteiger charge is -2.08. The molecule has 0 spiro atoms. The third-order valence-corrected chi connectivity index (χ3v) is 5.53. The van der Waals surface area contributed by atoms with Crippen molar-refractivity contribution in [3.05, 3.63) is 78.6 Å². The summed E-state index contributed by atoms with van der Waals surface area (Å²) in [6.45, 7) is 0. The standard InChI is InChI=1S/C15H14N2O2S.C10H11N3O2/c1-20-13-9-7-12(8-10-13)16-15(19)17-14(18)11-5-3-2-4-6-11;1-14-8-3-6-7(4-9(8)15-2)12-5-13-10(6)11/h2-10H,1H3,(H2,16,17,18,19);3-5H,1-2H3,(H2,11,12,13). The number of amides is 3. The van der Waals surface area contributed by atoms with E-state index in [-0.39, 0.29) is 0 Å². The van der Waals surface area contributed by atoms with E-state index >= 15 is 0 Å². The highest BCUT2D eigenvalue weighted by atomic mass is 32.2. The predicted octanol–water partition coefficient (Wildman–Crippen LogP) is 4.60. The van der Waals surface area contributed by atoms with E-state index in [1.54, 1.807) is 74.5 Å². The summed E-state index contributed by atoms with van der Waals surface area (Å²) in [7, 11) is 3.15. The van der Waals surface area contributed by atoms with E-state index in [9.17, 15) is 9.59 Å². The SMILES string of the molecule is COc1cc2ncnc(N)c2cc1OC.CSc1ccc(NC(=O)NC(=O)c2ccccc2)cc1. The van der Waals surface area contributed by atoms with Crippen molar-refractivity contribution in [3.63, 3.8) is 0 Å². The van der Waals surface area contributed by atoms with Crippen LogP contribution in [0, 0.1) is 0 Å². The zero-order chi connectivity index (χ0) is 25.2. The van der Waals surface area contributed by atoms with Crippen LogP contribution >= 0.6 is 11.8 Å². The van der Waals surface area contributed by atoms with Gasteiger partial charge in [0.15, 0.2) is 11.5 Å². The van der Waals surface area contributed by atoms with Crippen LogP contribution in [0.25, 0.3) is 10.9 Å². The summed E-state index contributed by atoms with van der Waals surface area (Å²) >= 11 is 1.62. The molecule has 4 rings (SSSR count). The second-order valence-electron chi connectivity index (χ2n) is 6.99. The molecule has 0 aliphatic rings. The smallest absolute Gasteiger partial charge is 0.326 e. The normalized spacial score (nSPS) is 10.0.